The van der Waals surface area contributed by atoms with Gasteiger partial charge in [-0.3, -0.25) is 0 Å². The molecule has 0 saturated carbocycles. The zero-order chi connectivity index (χ0) is 11.4. The zero-order valence-corrected chi connectivity index (χ0v) is 9.53. The van der Waals surface area contributed by atoms with Crippen molar-refractivity contribution in [3.63, 3.8) is 0 Å². The Labute approximate surface area is 88.4 Å². The molecule has 0 aliphatic carbocycles. The average Bonchev–Trinajstić information content (AvgIpc) is 2.02. The smallest absolute Gasteiger partial charge is 0.369 e. The lowest BCUT2D eigenvalue weighted by molar-refractivity contribution is -0.217. The molecule has 1 nitrogen and oxygen atoms in total. The summed E-state index contributed by atoms with van der Waals surface area (Å²) in [5, 5.41) is 0. The Kier molecular flexibility index (Phi) is 5.90. The minimum absolute atomic E-state index is 0.0723. The lowest BCUT2D eigenvalue weighted by Crippen LogP contribution is -2.31. The lowest BCUT2D eigenvalue weighted by atomic mass is 9.99. The fraction of sp³-hybridized carbons (Fsp3) is 1.00. The second kappa shape index (κ2) is 5.85. The van der Waals surface area contributed by atoms with Crippen molar-refractivity contribution in [3.8, 4) is 0 Å². The van der Waals surface area contributed by atoms with Gasteiger partial charge in [-0.15, -0.1) is 0 Å². The molecule has 14 heavy (non-hydrogen) atoms. The fourth-order valence-electron chi connectivity index (χ4n) is 0.818. The highest BCUT2D eigenvalue weighted by molar-refractivity contribution is 7.80. The maximum Gasteiger partial charge on any atom is 0.414 e. The van der Waals surface area contributed by atoms with Crippen LogP contribution < -0.4 is 0 Å². The topological polar surface area (TPSA) is 9.23 Å². The molecule has 86 valence electrons. The Balaban J connectivity index is 3.92. The van der Waals surface area contributed by atoms with Crippen LogP contribution in [0.5, 0.6) is 0 Å². The van der Waals surface area contributed by atoms with Gasteiger partial charge < -0.3 is 4.74 Å². The van der Waals surface area contributed by atoms with Crippen LogP contribution in [0, 0.1) is 11.8 Å². The van der Waals surface area contributed by atoms with E-state index in [1.807, 2.05) is 13.8 Å². The summed E-state index contributed by atoms with van der Waals surface area (Å²) < 4.78 is 40.9. The summed E-state index contributed by atoms with van der Waals surface area (Å²) in [7, 11) is 0. The predicted octanol–water partition coefficient (Wildman–Crippen LogP) is 3.16. The van der Waals surface area contributed by atoms with Gasteiger partial charge in [0.2, 0.25) is 0 Å². The van der Waals surface area contributed by atoms with E-state index in [2.05, 4.69) is 12.6 Å². The number of hydrogen-bond donors (Lipinski definition) is 1. The van der Waals surface area contributed by atoms with Gasteiger partial charge in [0.25, 0.3) is 0 Å². The summed E-state index contributed by atoms with van der Waals surface area (Å²) in [4.78, 5) is 0. The van der Waals surface area contributed by atoms with Crippen molar-refractivity contribution >= 4 is 12.6 Å². The predicted molar refractivity (Wildman–Crippen MR) is 53.7 cm³/mol. The normalized spacial score (nSPS) is 17.1. The molecule has 0 fully saturated rings. The van der Waals surface area contributed by atoms with Crippen LogP contribution in [0.4, 0.5) is 13.2 Å². The molecule has 0 saturated heterocycles. The first-order chi connectivity index (χ1) is 6.29. The molecular formula is C9H17F3OS. The van der Waals surface area contributed by atoms with Crippen molar-refractivity contribution in [2.75, 3.05) is 12.4 Å². The van der Waals surface area contributed by atoms with Gasteiger partial charge in [0, 0.05) is 0 Å². The Bertz CT molecular complexity index is 157. The molecule has 0 spiro atoms. The van der Waals surface area contributed by atoms with E-state index in [1.54, 1.807) is 0 Å². The first-order valence-electron chi connectivity index (χ1n) is 4.58. The van der Waals surface area contributed by atoms with E-state index in [0.29, 0.717) is 5.75 Å². The van der Waals surface area contributed by atoms with Crippen LogP contribution in [0.15, 0.2) is 0 Å². The molecule has 0 bridgehead atoms. The monoisotopic (exact) mass is 230 g/mol. The number of hydrogen-bond acceptors (Lipinski definition) is 2. The molecule has 0 aliphatic heterocycles. The van der Waals surface area contributed by atoms with Crippen molar-refractivity contribution in [3.05, 3.63) is 0 Å². The van der Waals surface area contributed by atoms with E-state index in [4.69, 9.17) is 4.74 Å². The summed E-state index contributed by atoms with van der Waals surface area (Å²) in [6.45, 7) is 5.03. The molecule has 2 unspecified atom stereocenters. The Morgan fingerprint density at radius 1 is 1.21 bits per heavy atom. The highest BCUT2D eigenvalue weighted by Crippen LogP contribution is 2.23. The number of rotatable bonds is 5. The van der Waals surface area contributed by atoms with Crippen molar-refractivity contribution < 1.29 is 17.9 Å². The SMILES string of the molecule is CC(C)C(CS)COC(C)C(F)(F)F. The molecule has 0 rings (SSSR count). The molecule has 0 aromatic carbocycles. The average molecular weight is 230 g/mol. The third-order valence-corrected chi connectivity index (χ3v) is 2.67. The standard InChI is InChI=1S/C9H17F3OS/c1-6(2)8(5-14)4-13-7(3)9(10,11)12/h6-8,14H,4-5H2,1-3H3. The number of alkyl halides is 3. The van der Waals surface area contributed by atoms with Crippen LogP contribution in [-0.4, -0.2) is 24.6 Å². The summed E-state index contributed by atoms with van der Waals surface area (Å²) in [5.41, 5.74) is 0. The molecule has 0 amide bonds. The molecule has 0 aliphatic rings. The van der Waals surface area contributed by atoms with Gasteiger partial charge in [0.15, 0.2) is 6.10 Å². The maximum absolute atomic E-state index is 12.1. The quantitative estimate of drug-likeness (QED) is 0.714. The second-order valence-corrected chi connectivity index (χ2v) is 4.07. The summed E-state index contributed by atoms with van der Waals surface area (Å²) >= 11 is 4.07. The van der Waals surface area contributed by atoms with E-state index in [-0.39, 0.29) is 18.4 Å². The third-order valence-electron chi connectivity index (χ3n) is 2.20. The number of halogens is 3. The first kappa shape index (κ1) is 14.1. The molecule has 0 N–H and O–H groups in total. The van der Waals surface area contributed by atoms with Crippen molar-refractivity contribution in [1.82, 2.24) is 0 Å². The summed E-state index contributed by atoms with van der Waals surface area (Å²) in [6, 6.07) is 0. The third kappa shape index (κ3) is 5.10. The first-order valence-corrected chi connectivity index (χ1v) is 5.21. The highest BCUT2D eigenvalue weighted by atomic mass is 32.1. The van der Waals surface area contributed by atoms with Gasteiger partial charge in [-0.25, -0.2) is 0 Å². The maximum atomic E-state index is 12.1. The molecule has 5 heteroatoms. The molecule has 0 aromatic rings. The minimum atomic E-state index is -4.27. The number of thiol groups is 1. The van der Waals surface area contributed by atoms with Crippen LogP contribution in [0.3, 0.4) is 0 Å². The lowest BCUT2D eigenvalue weighted by Gasteiger charge is -2.22. The molecule has 0 heterocycles. The summed E-state index contributed by atoms with van der Waals surface area (Å²) in [6.07, 6.45) is -5.96. The van der Waals surface area contributed by atoms with Crippen LogP contribution in [-0.2, 0) is 4.74 Å². The van der Waals surface area contributed by atoms with Crippen LogP contribution >= 0.6 is 12.6 Å². The minimum Gasteiger partial charge on any atom is -0.369 e. The second-order valence-electron chi connectivity index (χ2n) is 3.70. The van der Waals surface area contributed by atoms with Crippen molar-refractivity contribution in [2.24, 2.45) is 11.8 Å². The van der Waals surface area contributed by atoms with Gasteiger partial charge >= 0.3 is 6.18 Å². The molecular weight excluding hydrogens is 213 g/mol. The Hall–Kier alpha value is 0.100. The van der Waals surface area contributed by atoms with Crippen LogP contribution in [0.1, 0.15) is 20.8 Å². The largest absolute Gasteiger partial charge is 0.414 e. The van der Waals surface area contributed by atoms with E-state index in [9.17, 15) is 13.2 Å². The fourth-order valence-corrected chi connectivity index (χ4v) is 1.35. The van der Waals surface area contributed by atoms with E-state index < -0.39 is 12.3 Å². The van der Waals surface area contributed by atoms with E-state index in [0.717, 1.165) is 6.92 Å². The van der Waals surface area contributed by atoms with Gasteiger partial charge in [-0.05, 0) is 24.5 Å². The summed E-state index contributed by atoms with van der Waals surface area (Å²) in [5.74, 6) is 0.901. The molecule has 0 aromatic heterocycles. The molecule has 0 radical (unpaired) electrons. The Morgan fingerprint density at radius 3 is 2.00 bits per heavy atom. The van der Waals surface area contributed by atoms with Gasteiger partial charge in [0.1, 0.15) is 0 Å². The van der Waals surface area contributed by atoms with Crippen molar-refractivity contribution in [2.45, 2.75) is 33.1 Å². The highest BCUT2D eigenvalue weighted by Gasteiger charge is 2.37. The number of ether oxygens (including phenoxy) is 1. The van der Waals surface area contributed by atoms with Gasteiger partial charge in [-0.1, -0.05) is 13.8 Å². The Morgan fingerprint density at radius 2 is 1.71 bits per heavy atom. The zero-order valence-electron chi connectivity index (χ0n) is 8.64. The van der Waals surface area contributed by atoms with E-state index in [1.165, 1.54) is 0 Å². The van der Waals surface area contributed by atoms with Gasteiger partial charge in [-0.2, -0.15) is 25.8 Å². The molecule has 2 atom stereocenters. The van der Waals surface area contributed by atoms with Crippen LogP contribution in [0.25, 0.3) is 0 Å². The van der Waals surface area contributed by atoms with E-state index >= 15 is 0 Å². The van der Waals surface area contributed by atoms with Crippen LogP contribution in [0.2, 0.25) is 0 Å². The van der Waals surface area contributed by atoms with Crippen molar-refractivity contribution in [1.29, 1.82) is 0 Å². The van der Waals surface area contributed by atoms with Gasteiger partial charge in [0.05, 0.1) is 6.61 Å².